The van der Waals surface area contributed by atoms with Gasteiger partial charge in [0.1, 0.15) is 5.82 Å². The van der Waals surface area contributed by atoms with E-state index < -0.39 is 0 Å². The lowest BCUT2D eigenvalue weighted by atomic mass is 10.1. The third-order valence-electron chi connectivity index (χ3n) is 3.79. The zero-order chi connectivity index (χ0) is 17.8. The van der Waals surface area contributed by atoms with E-state index in [4.69, 9.17) is 11.6 Å². The summed E-state index contributed by atoms with van der Waals surface area (Å²) < 4.78 is 0. The van der Waals surface area contributed by atoms with Crippen molar-refractivity contribution in [2.75, 3.05) is 17.2 Å². The first-order valence-electron chi connectivity index (χ1n) is 8.14. The van der Waals surface area contributed by atoms with Gasteiger partial charge in [-0.15, -0.1) is 0 Å². The summed E-state index contributed by atoms with van der Waals surface area (Å²) in [6.45, 7) is 6.82. The van der Waals surface area contributed by atoms with Crippen LogP contribution in [0.15, 0.2) is 42.7 Å². The molecule has 2 heterocycles. The Kier molecular flexibility index (Phi) is 5.14. The van der Waals surface area contributed by atoms with Crippen molar-refractivity contribution in [1.29, 1.82) is 0 Å². The summed E-state index contributed by atoms with van der Waals surface area (Å²) in [6, 6.07) is 9.67. The van der Waals surface area contributed by atoms with Gasteiger partial charge in [0.25, 0.3) is 0 Å². The van der Waals surface area contributed by atoms with Crippen molar-refractivity contribution >= 4 is 29.1 Å². The molecule has 6 heteroatoms. The summed E-state index contributed by atoms with van der Waals surface area (Å²) in [5.41, 5.74) is 4.97. The van der Waals surface area contributed by atoms with E-state index in [2.05, 4.69) is 25.6 Å². The highest BCUT2D eigenvalue weighted by Gasteiger charge is 2.10. The highest BCUT2D eigenvalue weighted by molar-refractivity contribution is 6.30. The molecule has 0 aliphatic heterocycles. The van der Waals surface area contributed by atoms with Crippen LogP contribution in [0.2, 0.25) is 5.02 Å². The summed E-state index contributed by atoms with van der Waals surface area (Å²) in [4.78, 5) is 13.2. The number of aromatic nitrogens is 3. The molecule has 0 aliphatic carbocycles. The molecule has 25 heavy (non-hydrogen) atoms. The maximum absolute atomic E-state index is 6.13. The molecule has 2 aromatic heterocycles. The lowest BCUT2D eigenvalue weighted by molar-refractivity contribution is 1.09. The molecule has 0 fully saturated rings. The Morgan fingerprint density at radius 2 is 1.68 bits per heavy atom. The Labute approximate surface area is 152 Å². The summed E-state index contributed by atoms with van der Waals surface area (Å²) in [7, 11) is 0. The molecule has 2 N–H and O–H groups in total. The van der Waals surface area contributed by atoms with E-state index in [1.165, 1.54) is 0 Å². The van der Waals surface area contributed by atoms with Crippen LogP contribution in [0.4, 0.5) is 17.5 Å². The van der Waals surface area contributed by atoms with Crippen LogP contribution in [-0.4, -0.2) is 21.5 Å². The molecule has 0 radical (unpaired) electrons. The second-order valence-electron chi connectivity index (χ2n) is 5.77. The fourth-order valence-electron chi connectivity index (χ4n) is 2.65. The average Bonchev–Trinajstić information content (AvgIpc) is 2.59. The first kappa shape index (κ1) is 17.2. The van der Waals surface area contributed by atoms with E-state index in [-0.39, 0.29) is 0 Å². The Morgan fingerprint density at radius 1 is 1.00 bits per heavy atom. The van der Waals surface area contributed by atoms with Gasteiger partial charge in [-0.25, -0.2) is 4.98 Å². The Morgan fingerprint density at radius 3 is 2.32 bits per heavy atom. The zero-order valence-electron chi connectivity index (χ0n) is 14.5. The van der Waals surface area contributed by atoms with Gasteiger partial charge in [0.2, 0.25) is 5.95 Å². The minimum absolute atomic E-state index is 0.587. The van der Waals surface area contributed by atoms with Crippen LogP contribution < -0.4 is 10.6 Å². The van der Waals surface area contributed by atoms with Crippen molar-refractivity contribution in [1.82, 2.24) is 15.0 Å². The molecule has 0 saturated heterocycles. The quantitative estimate of drug-likeness (QED) is 0.677. The Balaban J connectivity index is 2.03. The molecule has 0 aliphatic rings. The summed E-state index contributed by atoms with van der Waals surface area (Å²) in [5, 5.41) is 7.33. The SMILES string of the molecule is CCNc1nc(Nc2c(C)cc(Cl)cc2C)cc(-c2ccncc2)n1. The van der Waals surface area contributed by atoms with Crippen molar-refractivity contribution in [3.63, 3.8) is 0 Å². The molecule has 0 saturated carbocycles. The van der Waals surface area contributed by atoms with Crippen LogP contribution >= 0.6 is 11.6 Å². The predicted molar refractivity (Wildman–Crippen MR) is 104 cm³/mol. The Bertz CT molecular complexity index is 857. The van der Waals surface area contributed by atoms with Gasteiger partial charge in [-0.05, 0) is 56.2 Å². The first-order chi connectivity index (χ1) is 12.1. The molecular formula is C19H20ClN5. The Hall–Kier alpha value is -2.66. The van der Waals surface area contributed by atoms with Gasteiger partial charge in [0.05, 0.1) is 5.69 Å². The van der Waals surface area contributed by atoms with E-state index >= 15 is 0 Å². The fourth-order valence-corrected chi connectivity index (χ4v) is 2.98. The van der Waals surface area contributed by atoms with Crippen molar-refractivity contribution in [2.24, 2.45) is 0 Å². The zero-order valence-corrected chi connectivity index (χ0v) is 15.2. The fraction of sp³-hybridized carbons (Fsp3) is 0.211. The molecule has 3 aromatic rings. The number of anilines is 3. The van der Waals surface area contributed by atoms with Gasteiger partial charge in [0, 0.05) is 41.3 Å². The largest absolute Gasteiger partial charge is 0.354 e. The number of nitrogens with zero attached hydrogens (tertiary/aromatic N) is 3. The minimum atomic E-state index is 0.587. The van der Waals surface area contributed by atoms with Gasteiger partial charge in [-0.3, -0.25) is 4.98 Å². The molecule has 0 unspecified atom stereocenters. The molecule has 0 atom stereocenters. The van der Waals surface area contributed by atoms with Crippen LogP contribution in [0.5, 0.6) is 0 Å². The molecule has 5 nitrogen and oxygen atoms in total. The van der Waals surface area contributed by atoms with Gasteiger partial charge in [-0.1, -0.05) is 11.6 Å². The molecule has 0 bridgehead atoms. The van der Waals surface area contributed by atoms with Crippen molar-refractivity contribution in [2.45, 2.75) is 20.8 Å². The lowest BCUT2D eigenvalue weighted by Crippen LogP contribution is -2.06. The number of hydrogen-bond acceptors (Lipinski definition) is 5. The molecular weight excluding hydrogens is 334 g/mol. The third kappa shape index (κ3) is 4.06. The van der Waals surface area contributed by atoms with Gasteiger partial charge >= 0.3 is 0 Å². The number of hydrogen-bond donors (Lipinski definition) is 2. The first-order valence-corrected chi connectivity index (χ1v) is 8.51. The van der Waals surface area contributed by atoms with E-state index in [0.717, 1.165) is 45.5 Å². The van der Waals surface area contributed by atoms with E-state index in [1.54, 1.807) is 12.4 Å². The van der Waals surface area contributed by atoms with Crippen molar-refractivity contribution < 1.29 is 0 Å². The maximum Gasteiger partial charge on any atom is 0.225 e. The monoisotopic (exact) mass is 353 g/mol. The number of aryl methyl sites for hydroxylation is 2. The van der Waals surface area contributed by atoms with E-state index in [9.17, 15) is 0 Å². The molecule has 1 aromatic carbocycles. The topological polar surface area (TPSA) is 62.7 Å². The van der Waals surface area contributed by atoms with Crippen molar-refractivity contribution in [3.05, 3.63) is 58.9 Å². The van der Waals surface area contributed by atoms with Crippen LogP contribution in [0, 0.1) is 13.8 Å². The number of nitrogens with one attached hydrogen (secondary N) is 2. The number of benzene rings is 1. The number of pyridine rings is 1. The van der Waals surface area contributed by atoms with Gasteiger partial charge in [0.15, 0.2) is 0 Å². The predicted octanol–water partition coefficient (Wildman–Crippen LogP) is 4.98. The molecule has 0 amide bonds. The van der Waals surface area contributed by atoms with Crippen molar-refractivity contribution in [3.8, 4) is 11.3 Å². The lowest BCUT2D eigenvalue weighted by Gasteiger charge is -2.15. The number of halogens is 1. The van der Waals surface area contributed by atoms with Gasteiger partial charge in [-0.2, -0.15) is 4.98 Å². The second kappa shape index (κ2) is 7.49. The summed E-state index contributed by atoms with van der Waals surface area (Å²) >= 11 is 6.13. The van der Waals surface area contributed by atoms with Crippen LogP contribution in [0.25, 0.3) is 11.3 Å². The van der Waals surface area contributed by atoms with Crippen LogP contribution in [-0.2, 0) is 0 Å². The molecule has 128 valence electrons. The molecule has 0 spiro atoms. The summed E-state index contributed by atoms with van der Waals surface area (Å²) in [5.74, 6) is 1.31. The minimum Gasteiger partial charge on any atom is -0.354 e. The van der Waals surface area contributed by atoms with Crippen LogP contribution in [0.3, 0.4) is 0 Å². The average molecular weight is 354 g/mol. The highest BCUT2D eigenvalue weighted by atomic mass is 35.5. The maximum atomic E-state index is 6.13. The van der Waals surface area contributed by atoms with Crippen LogP contribution in [0.1, 0.15) is 18.1 Å². The standard InChI is InChI=1S/C19H20ClN5/c1-4-22-19-23-16(14-5-7-21-8-6-14)11-17(25-19)24-18-12(2)9-15(20)10-13(18)3/h5-11H,4H2,1-3H3,(H2,22,23,24,25). The van der Waals surface area contributed by atoms with E-state index in [0.29, 0.717) is 5.95 Å². The third-order valence-corrected chi connectivity index (χ3v) is 4.01. The second-order valence-corrected chi connectivity index (χ2v) is 6.20. The van der Waals surface area contributed by atoms with E-state index in [1.807, 2.05) is 51.1 Å². The molecule has 3 rings (SSSR count). The number of rotatable bonds is 5. The summed E-state index contributed by atoms with van der Waals surface area (Å²) in [6.07, 6.45) is 3.51. The smallest absolute Gasteiger partial charge is 0.225 e. The highest BCUT2D eigenvalue weighted by Crippen LogP contribution is 2.29. The normalized spacial score (nSPS) is 10.6. The van der Waals surface area contributed by atoms with Gasteiger partial charge < -0.3 is 10.6 Å².